The van der Waals surface area contributed by atoms with Crippen LogP contribution in [0.4, 0.5) is 0 Å². The zero-order valence-corrected chi connectivity index (χ0v) is 19.6. The summed E-state index contributed by atoms with van der Waals surface area (Å²) in [7, 11) is 0. The summed E-state index contributed by atoms with van der Waals surface area (Å²) in [6, 6.07) is 12.2. The van der Waals surface area contributed by atoms with Crippen LogP contribution in [-0.4, -0.2) is 22.6 Å². The van der Waals surface area contributed by atoms with E-state index in [-0.39, 0.29) is 24.0 Å². The molecule has 2 N–H and O–H groups in total. The quantitative estimate of drug-likeness (QED) is 0.255. The lowest BCUT2D eigenvalue weighted by atomic mass is 9.99. The Hall–Kier alpha value is -2.16. The largest absolute Gasteiger partial charge is 0.359 e. The number of aliphatic imine (C=N–C) groups is 1. The first kappa shape index (κ1) is 23.1. The predicted molar refractivity (Wildman–Crippen MR) is 129 cm³/mol. The van der Waals surface area contributed by atoms with Crippen molar-refractivity contribution in [2.24, 2.45) is 4.99 Å². The van der Waals surface area contributed by atoms with Crippen LogP contribution in [0.1, 0.15) is 56.5 Å². The molecule has 2 aromatic heterocycles. The smallest absolute Gasteiger partial charge is 0.191 e. The third-order valence-corrected chi connectivity index (χ3v) is 4.90. The van der Waals surface area contributed by atoms with Gasteiger partial charge in [-0.2, -0.15) is 0 Å². The molecule has 0 spiro atoms. The lowest BCUT2D eigenvalue weighted by Gasteiger charge is -2.10. The monoisotopic (exact) mass is 507 g/mol. The average Bonchev–Trinajstić information content (AvgIpc) is 3.20. The molecule has 6 nitrogen and oxygen atoms in total. The van der Waals surface area contributed by atoms with Crippen LogP contribution in [0, 0.1) is 0 Å². The second-order valence-electron chi connectivity index (χ2n) is 6.77. The highest BCUT2D eigenvalue weighted by Crippen LogP contribution is 2.22. The van der Waals surface area contributed by atoms with Crippen LogP contribution < -0.4 is 10.6 Å². The number of pyridine rings is 1. The molecule has 0 bridgehead atoms. The highest BCUT2D eigenvalue weighted by Gasteiger charge is 2.13. The molecule has 3 aromatic rings. The molecule has 0 radical (unpaired) electrons. The molecular formula is C22H30IN5O. The third kappa shape index (κ3) is 6.16. The fraction of sp³-hybridized carbons (Fsp3) is 0.409. The molecule has 29 heavy (non-hydrogen) atoms. The predicted octanol–water partition coefficient (Wildman–Crippen LogP) is 5.00. The van der Waals surface area contributed by atoms with E-state index >= 15 is 0 Å². The minimum atomic E-state index is 0. The summed E-state index contributed by atoms with van der Waals surface area (Å²) in [6.45, 7) is 8.33. The van der Waals surface area contributed by atoms with Gasteiger partial charge in [0.1, 0.15) is 0 Å². The summed E-state index contributed by atoms with van der Waals surface area (Å²) in [5.41, 5.74) is 3.18. The van der Waals surface area contributed by atoms with Crippen molar-refractivity contribution in [1.82, 2.24) is 20.8 Å². The number of guanidine groups is 1. The molecule has 156 valence electrons. The summed E-state index contributed by atoms with van der Waals surface area (Å²) >= 11 is 0. The Labute approximate surface area is 189 Å². The number of aromatic nitrogens is 2. The minimum Gasteiger partial charge on any atom is -0.359 e. The van der Waals surface area contributed by atoms with E-state index in [0.29, 0.717) is 19.0 Å². The van der Waals surface area contributed by atoms with Gasteiger partial charge in [-0.05, 0) is 37.5 Å². The van der Waals surface area contributed by atoms with Crippen molar-refractivity contribution in [2.75, 3.05) is 6.54 Å². The molecule has 0 aliphatic carbocycles. The van der Waals surface area contributed by atoms with Gasteiger partial charge in [-0.3, -0.25) is 4.98 Å². The van der Waals surface area contributed by atoms with Gasteiger partial charge in [0.05, 0.1) is 24.3 Å². The van der Waals surface area contributed by atoms with Crippen LogP contribution in [-0.2, 0) is 13.1 Å². The first-order valence-electron chi connectivity index (χ1n) is 10.0. The van der Waals surface area contributed by atoms with Gasteiger partial charge in [-0.25, -0.2) is 4.99 Å². The van der Waals surface area contributed by atoms with Crippen LogP contribution in [0.3, 0.4) is 0 Å². The maximum Gasteiger partial charge on any atom is 0.191 e. The average molecular weight is 507 g/mol. The van der Waals surface area contributed by atoms with Gasteiger partial charge >= 0.3 is 0 Å². The van der Waals surface area contributed by atoms with Crippen LogP contribution in [0.25, 0.3) is 10.9 Å². The van der Waals surface area contributed by atoms with E-state index in [0.717, 1.165) is 53.3 Å². The van der Waals surface area contributed by atoms with Crippen LogP contribution in [0.5, 0.6) is 0 Å². The Bertz CT molecular complexity index is 915. The number of nitrogens with one attached hydrogen (secondary N) is 2. The zero-order chi connectivity index (χ0) is 19.8. The van der Waals surface area contributed by atoms with E-state index in [1.807, 2.05) is 36.5 Å². The van der Waals surface area contributed by atoms with E-state index in [1.54, 1.807) is 0 Å². The van der Waals surface area contributed by atoms with Gasteiger partial charge in [-0.1, -0.05) is 37.2 Å². The lowest BCUT2D eigenvalue weighted by Crippen LogP contribution is -2.36. The standard InChI is InChI=1S/C22H29N5O.HI/c1-4-16(5-2)21-13-18(28-27-21)15-26-22(23-6-3)25-14-17-11-12-24-20-10-8-7-9-19(17)20;/h7-13,16H,4-6,14-15H2,1-3H3,(H2,23,25,26);1H. The Morgan fingerprint density at radius 3 is 2.66 bits per heavy atom. The van der Waals surface area contributed by atoms with Crippen molar-refractivity contribution >= 4 is 40.8 Å². The molecule has 0 unspecified atom stereocenters. The fourth-order valence-corrected chi connectivity index (χ4v) is 3.28. The van der Waals surface area contributed by atoms with Crippen LogP contribution in [0.2, 0.25) is 0 Å². The van der Waals surface area contributed by atoms with E-state index in [9.17, 15) is 0 Å². The van der Waals surface area contributed by atoms with Gasteiger partial charge in [-0.15, -0.1) is 24.0 Å². The van der Waals surface area contributed by atoms with Crippen molar-refractivity contribution in [2.45, 2.75) is 52.6 Å². The Morgan fingerprint density at radius 2 is 1.90 bits per heavy atom. The summed E-state index contributed by atoms with van der Waals surface area (Å²) in [5, 5.41) is 12.0. The van der Waals surface area contributed by atoms with E-state index < -0.39 is 0 Å². The van der Waals surface area contributed by atoms with Crippen molar-refractivity contribution in [3.63, 3.8) is 0 Å². The third-order valence-electron chi connectivity index (χ3n) is 4.90. The minimum absolute atomic E-state index is 0. The van der Waals surface area contributed by atoms with Gasteiger partial charge in [0, 0.05) is 30.1 Å². The molecule has 0 aliphatic rings. The number of nitrogens with zero attached hydrogens (tertiary/aromatic N) is 3. The molecule has 0 saturated carbocycles. The van der Waals surface area contributed by atoms with Crippen molar-refractivity contribution in [3.8, 4) is 0 Å². The van der Waals surface area contributed by atoms with Crippen LogP contribution in [0.15, 0.2) is 52.1 Å². The molecule has 3 rings (SSSR count). The molecular weight excluding hydrogens is 477 g/mol. The Balaban J connectivity index is 0.00000300. The number of fused-ring (bicyclic) bond motifs is 1. The SMILES string of the molecule is CCNC(=NCc1ccnc2ccccc12)NCc1cc(C(CC)CC)no1.I. The van der Waals surface area contributed by atoms with Crippen molar-refractivity contribution < 1.29 is 4.52 Å². The lowest BCUT2D eigenvalue weighted by molar-refractivity contribution is 0.368. The molecule has 0 amide bonds. The second-order valence-corrected chi connectivity index (χ2v) is 6.77. The maximum absolute atomic E-state index is 5.49. The summed E-state index contributed by atoms with van der Waals surface area (Å²) < 4.78 is 5.49. The first-order valence-corrected chi connectivity index (χ1v) is 10.0. The number of hydrogen-bond donors (Lipinski definition) is 2. The number of benzene rings is 1. The van der Waals surface area contributed by atoms with Gasteiger partial charge in [0.15, 0.2) is 11.7 Å². The molecule has 0 saturated heterocycles. The van der Waals surface area contributed by atoms with Gasteiger partial charge < -0.3 is 15.2 Å². The number of halogens is 1. The normalized spacial score (nSPS) is 11.5. The molecule has 0 fully saturated rings. The molecule has 7 heteroatoms. The molecule has 1 aromatic carbocycles. The highest BCUT2D eigenvalue weighted by molar-refractivity contribution is 14.0. The number of para-hydroxylation sites is 1. The van der Waals surface area contributed by atoms with E-state index in [2.05, 4.69) is 47.6 Å². The molecule has 0 aliphatic heterocycles. The zero-order valence-electron chi connectivity index (χ0n) is 17.3. The topological polar surface area (TPSA) is 75.3 Å². The maximum atomic E-state index is 5.49. The first-order chi connectivity index (χ1) is 13.7. The Kier molecular flexibility index (Phi) is 9.37. The molecule has 2 heterocycles. The van der Waals surface area contributed by atoms with Gasteiger partial charge in [0.2, 0.25) is 0 Å². The number of rotatable bonds is 8. The van der Waals surface area contributed by atoms with Crippen molar-refractivity contribution in [3.05, 3.63) is 59.6 Å². The van der Waals surface area contributed by atoms with Gasteiger partial charge in [0.25, 0.3) is 0 Å². The number of hydrogen-bond acceptors (Lipinski definition) is 4. The molecule has 0 atom stereocenters. The van der Waals surface area contributed by atoms with Crippen LogP contribution >= 0.6 is 24.0 Å². The summed E-state index contributed by atoms with van der Waals surface area (Å²) in [6.07, 6.45) is 3.97. The van der Waals surface area contributed by atoms with E-state index in [4.69, 9.17) is 9.52 Å². The summed E-state index contributed by atoms with van der Waals surface area (Å²) in [5.74, 6) is 2.03. The second kappa shape index (κ2) is 11.7. The van der Waals surface area contributed by atoms with E-state index in [1.165, 1.54) is 0 Å². The summed E-state index contributed by atoms with van der Waals surface area (Å²) in [4.78, 5) is 9.14. The van der Waals surface area contributed by atoms with Crippen molar-refractivity contribution in [1.29, 1.82) is 0 Å². The Morgan fingerprint density at radius 1 is 1.10 bits per heavy atom. The fourth-order valence-electron chi connectivity index (χ4n) is 3.28. The highest BCUT2D eigenvalue weighted by atomic mass is 127.